The zero-order chi connectivity index (χ0) is 21.6. The number of aliphatic imine (C=N–C) groups is 1. The van der Waals surface area contributed by atoms with E-state index in [1.165, 1.54) is 12.0 Å². The molecule has 174 valence electrons. The third-order valence-corrected chi connectivity index (χ3v) is 5.28. The summed E-state index contributed by atoms with van der Waals surface area (Å²) in [6, 6.07) is 8.87. The first-order valence-electron chi connectivity index (χ1n) is 11.0. The number of halogens is 1. The predicted octanol–water partition coefficient (Wildman–Crippen LogP) is 3.98. The molecule has 6 nitrogen and oxygen atoms in total. The second kappa shape index (κ2) is 16.6. The topological polar surface area (TPSA) is 52.1 Å². The highest BCUT2D eigenvalue weighted by atomic mass is 127. The number of methoxy groups -OCH3 is 1. The van der Waals surface area contributed by atoms with Crippen molar-refractivity contribution in [2.24, 2.45) is 4.99 Å². The van der Waals surface area contributed by atoms with Gasteiger partial charge in [0, 0.05) is 12.6 Å². The van der Waals surface area contributed by atoms with Crippen LogP contribution in [0.15, 0.2) is 29.3 Å². The van der Waals surface area contributed by atoms with Crippen LogP contribution in [0.5, 0.6) is 5.75 Å². The summed E-state index contributed by atoms with van der Waals surface area (Å²) in [6.45, 7) is 13.8. The highest BCUT2D eigenvalue weighted by molar-refractivity contribution is 14.0. The van der Waals surface area contributed by atoms with Gasteiger partial charge in [0.15, 0.2) is 5.96 Å². The van der Waals surface area contributed by atoms with E-state index in [0.29, 0.717) is 12.6 Å². The predicted molar refractivity (Wildman–Crippen MR) is 140 cm³/mol. The van der Waals surface area contributed by atoms with Crippen LogP contribution in [0, 0.1) is 0 Å². The molecule has 0 aromatic heterocycles. The van der Waals surface area contributed by atoms with E-state index in [1.807, 2.05) is 12.1 Å². The van der Waals surface area contributed by atoms with E-state index in [1.54, 1.807) is 7.11 Å². The van der Waals surface area contributed by atoms with Crippen LogP contribution in [0.2, 0.25) is 0 Å². The third kappa shape index (κ3) is 10.8. The Morgan fingerprint density at radius 2 is 1.73 bits per heavy atom. The number of likely N-dealkylation sites (N-methyl/N-ethyl adjacent to an activating group) is 1. The van der Waals surface area contributed by atoms with Crippen LogP contribution in [-0.4, -0.2) is 75.7 Å². The van der Waals surface area contributed by atoms with E-state index in [4.69, 9.17) is 9.73 Å². The summed E-state index contributed by atoms with van der Waals surface area (Å²) >= 11 is 0. The minimum Gasteiger partial charge on any atom is -0.497 e. The summed E-state index contributed by atoms with van der Waals surface area (Å²) in [5.41, 5.74) is 1.24. The highest BCUT2D eigenvalue weighted by Gasteiger charge is 2.15. The van der Waals surface area contributed by atoms with Gasteiger partial charge in [-0.2, -0.15) is 0 Å². The van der Waals surface area contributed by atoms with Crippen LogP contribution in [-0.2, 0) is 0 Å². The Kier molecular flexibility index (Phi) is 16.0. The standard InChI is InChI=1S/C23H43N5O.HI/c1-8-24-23(26-19(4)12-11-17-28(9-2)10-3)25-18-22(27(5)6)20-13-15-21(29-7)16-14-20;/h13-16,19,22H,8-12,17-18H2,1-7H3,(H2,24,25,26);1H. The number of guanidine groups is 1. The molecule has 0 fully saturated rings. The van der Waals surface area contributed by atoms with Gasteiger partial charge in [-0.15, -0.1) is 24.0 Å². The summed E-state index contributed by atoms with van der Waals surface area (Å²) in [5, 5.41) is 6.96. The molecule has 2 unspecified atom stereocenters. The van der Waals surface area contributed by atoms with Gasteiger partial charge >= 0.3 is 0 Å². The van der Waals surface area contributed by atoms with Gasteiger partial charge in [-0.25, -0.2) is 0 Å². The van der Waals surface area contributed by atoms with Crippen molar-refractivity contribution < 1.29 is 4.74 Å². The summed E-state index contributed by atoms with van der Waals surface area (Å²) < 4.78 is 5.28. The molecular formula is C23H44IN5O. The van der Waals surface area contributed by atoms with Crippen LogP contribution in [0.1, 0.15) is 52.1 Å². The molecule has 1 rings (SSSR count). The first kappa shape index (κ1) is 28.9. The van der Waals surface area contributed by atoms with Crippen molar-refractivity contribution in [3.63, 3.8) is 0 Å². The number of nitrogens with one attached hydrogen (secondary N) is 2. The Morgan fingerprint density at radius 1 is 1.10 bits per heavy atom. The molecule has 0 aliphatic rings. The number of ether oxygens (including phenoxy) is 1. The lowest BCUT2D eigenvalue weighted by Crippen LogP contribution is -2.43. The minimum atomic E-state index is 0. The van der Waals surface area contributed by atoms with Crippen molar-refractivity contribution >= 4 is 29.9 Å². The Balaban J connectivity index is 0.00000841. The fourth-order valence-corrected chi connectivity index (χ4v) is 3.36. The van der Waals surface area contributed by atoms with E-state index in [0.717, 1.165) is 44.3 Å². The van der Waals surface area contributed by atoms with Crippen LogP contribution in [0.4, 0.5) is 0 Å². The van der Waals surface area contributed by atoms with E-state index >= 15 is 0 Å². The van der Waals surface area contributed by atoms with Gasteiger partial charge in [0.05, 0.1) is 19.7 Å². The van der Waals surface area contributed by atoms with Crippen LogP contribution in [0.25, 0.3) is 0 Å². The second-order valence-electron chi connectivity index (χ2n) is 7.69. The lowest BCUT2D eigenvalue weighted by atomic mass is 10.1. The van der Waals surface area contributed by atoms with Gasteiger partial charge in [-0.1, -0.05) is 26.0 Å². The molecule has 2 atom stereocenters. The lowest BCUT2D eigenvalue weighted by Gasteiger charge is -2.25. The van der Waals surface area contributed by atoms with Crippen molar-refractivity contribution in [3.8, 4) is 5.75 Å². The second-order valence-corrected chi connectivity index (χ2v) is 7.69. The van der Waals surface area contributed by atoms with E-state index in [-0.39, 0.29) is 30.0 Å². The number of rotatable bonds is 13. The third-order valence-electron chi connectivity index (χ3n) is 5.28. The molecular weight excluding hydrogens is 489 g/mol. The number of benzene rings is 1. The molecule has 0 bridgehead atoms. The Hall–Kier alpha value is -1.06. The molecule has 1 aromatic rings. The first-order valence-corrected chi connectivity index (χ1v) is 11.0. The summed E-state index contributed by atoms with van der Waals surface area (Å²) in [7, 11) is 5.89. The summed E-state index contributed by atoms with van der Waals surface area (Å²) in [6.07, 6.45) is 2.33. The van der Waals surface area contributed by atoms with Crippen molar-refractivity contribution in [2.75, 3.05) is 53.9 Å². The number of hydrogen-bond acceptors (Lipinski definition) is 4. The van der Waals surface area contributed by atoms with Gasteiger partial charge in [0.2, 0.25) is 0 Å². The molecule has 7 heteroatoms. The molecule has 0 saturated carbocycles. The molecule has 2 N–H and O–H groups in total. The Bertz CT molecular complexity index is 575. The van der Waals surface area contributed by atoms with Crippen LogP contribution >= 0.6 is 24.0 Å². The van der Waals surface area contributed by atoms with Crippen molar-refractivity contribution in [1.82, 2.24) is 20.4 Å². The zero-order valence-electron chi connectivity index (χ0n) is 20.1. The lowest BCUT2D eigenvalue weighted by molar-refractivity contribution is 0.292. The Labute approximate surface area is 201 Å². The molecule has 0 heterocycles. The number of nitrogens with zero attached hydrogens (tertiary/aromatic N) is 3. The molecule has 1 aromatic carbocycles. The van der Waals surface area contributed by atoms with Crippen molar-refractivity contribution in [2.45, 2.75) is 52.6 Å². The fraction of sp³-hybridized carbons (Fsp3) is 0.696. The normalized spacial score (nSPS) is 13.7. The monoisotopic (exact) mass is 533 g/mol. The molecule has 0 spiro atoms. The van der Waals surface area contributed by atoms with E-state index in [2.05, 4.69) is 74.4 Å². The van der Waals surface area contributed by atoms with Gasteiger partial charge in [-0.3, -0.25) is 4.99 Å². The smallest absolute Gasteiger partial charge is 0.191 e. The molecule has 0 aliphatic heterocycles. The zero-order valence-corrected chi connectivity index (χ0v) is 22.4. The average molecular weight is 534 g/mol. The molecule has 0 radical (unpaired) electrons. The summed E-state index contributed by atoms with van der Waals surface area (Å²) in [4.78, 5) is 9.57. The Morgan fingerprint density at radius 3 is 2.23 bits per heavy atom. The number of hydrogen-bond donors (Lipinski definition) is 2. The van der Waals surface area contributed by atoms with Gasteiger partial charge in [-0.05, 0) is 78.1 Å². The highest BCUT2D eigenvalue weighted by Crippen LogP contribution is 2.21. The van der Waals surface area contributed by atoms with Crippen LogP contribution in [0.3, 0.4) is 0 Å². The first-order chi connectivity index (χ1) is 13.9. The van der Waals surface area contributed by atoms with E-state index < -0.39 is 0 Å². The SMILES string of the molecule is CCNC(=NCC(c1ccc(OC)cc1)N(C)C)NC(C)CCCN(CC)CC.I. The van der Waals surface area contributed by atoms with Crippen molar-refractivity contribution in [3.05, 3.63) is 29.8 Å². The average Bonchev–Trinajstić information content (AvgIpc) is 2.71. The largest absolute Gasteiger partial charge is 0.497 e. The fourth-order valence-electron chi connectivity index (χ4n) is 3.36. The van der Waals surface area contributed by atoms with Gasteiger partial charge < -0.3 is 25.2 Å². The minimum absolute atomic E-state index is 0. The molecule has 30 heavy (non-hydrogen) atoms. The van der Waals surface area contributed by atoms with Gasteiger partial charge in [0.25, 0.3) is 0 Å². The van der Waals surface area contributed by atoms with Crippen LogP contribution < -0.4 is 15.4 Å². The van der Waals surface area contributed by atoms with Crippen molar-refractivity contribution in [1.29, 1.82) is 0 Å². The van der Waals surface area contributed by atoms with Gasteiger partial charge in [0.1, 0.15) is 5.75 Å². The summed E-state index contributed by atoms with van der Waals surface area (Å²) in [5.74, 6) is 1.77. The molecule has 0 aliphatic carbocycles. The molecule has 0 saturated heterocycles. The quantitative estimate of drug-likeness (QED) is 0.228. The maximum Gasteiger partial charge on any atom is 0.191 e. The maximum absolute atomic E-state index is 5.28. The molecule has 0 amide bonds. The maximum atomic E-state index is 5.28. The van der Waals surface area contributed by atoms with E-state index in [9.17, 15) is 0 Å².